The monoisotopic (exact) mass is 292 g/mol. The fourth-order valence-electron chi connectivity index (χ4n) is 3.54. The molecule has 2 rings (SSSR count). The Labute approximate surface area is 128 Å². The van der Waals surface area contributed by atoms with Gasteiger partial charge in [0.15, 0.2) is 0 Å². The van der Waals surface area contributed by atoms with Crippen LogP contribution in [0.15, 0.2) is 24.3 Å². The molecule has 0 aliphatic carbocycles. The highest BCUT2D eigenvalue weighted by Gasteiger charge is 2.29. The molecule has 0 spiro atoms. The quantitative estimate of drug-likeness (QED) is 0.771. The van der Waals surface area contributed by atoms with Gasteiger partial charge in [0.25, 0.3) is 0 Å². The molecule has 0 N–H and O–H groups in total. The van der Waals surface area contributed by atoms with E-state index < -0.39 is 0 Å². The van der Waals surface area contributed by atoms with Gasteiger partial charge >= 0.3 is 0 Å². The summed E-state index contributed by atoms with van der Waals surface area (Å²) in [7, 11) is 0. The fourth-order valence-corrected chi connectivity index (χ4v) is 3.54. The second-order valence-corrected chi connectivity index (χ2v) is 6.07. The average Bonchev–Trinajstić information content (AvgIpc) is 2.53. The lowest BCUT2D eigenvalue weighted by atomic mass is 10.0. The molecule has 0 saturated carbocycles. The first kappa shape index (κ1) is 16.3. The summed E-state index contributed by atoms with van der Waals surface area (Å²) < 4.78 is 13.1. The standard InChI is InChI=1S/C18H29FN2/c1-4-7-16(5-2)21-13-12-20(14-17(21)6-3)18-10-8-15(19)9-11-18/h8-11,16-17H,4-7,12-14H2,1-3H3/t16?,17-/m1/s1. The van der Waals surface area contributed by atoms with Crippen LogP contribution in [-0.4, -0.2) is 36.6 Å². The van der Waals surface area contributed by atoms with Crippen LogP contribution in [0.2, 0.25) is 0 Å². The Bertz CT molecular complexity index is 418. The van der Waals surface area contributed by atoms with Crippen molar-refractivity contribution >= 4 is 5.69 Å². The maximum absolute atomic E-state index is 13.1. The molecule has 0 amide bonds. The zero-order valence-electron chi connectivity index (χ0n) is 13.7. The average molecular weight is 292 g/mol. The minimum atomic E-state index is -0.154. The van der Waals surface area contributed by atoms with Gasteiger partial charge in [-0.05, 0) is 43.5 Å². The molecule has 2 nitrogen and oxygen atoms in total. The summed E-state index contributed by atoms with van der Waals surface area (Å²) >= 11 is 0. The lowest BCUT2D eigenvalue weighted by Crippen LogP contribution is -2.56. The fraction of sp³-hybridized carbons (Fsp3) is 0.667. The second-order valence-electron chi connectivity index (χ2n) is 6.07. The van der Waals surface area contributed by atoms with Gasteiger partial charge in [-0.15, -0.1) is 0 Å². The minimum Gasteiger partial charge on any atom is -0.369 e. The summed E-state index contributed by atoms with van der Waals surface area (Å²) in [5.41, 5.74) is 1.15. The van der Waals surface area contributed by atoms with E-state index in [0.29, 0.717) is 6.04 Å². The SMILES string of the molecule is CCCC(CC)N1CCN(c2ccc(F)cc2)C[C@H]1CC. The van der Waals surface area contributed by atoms with Gasteiger partial charge < -0.3 is 4.90 Å². The predicted octanol–water partition coefficient (Wildman–Crippen LogP) is 4.31. The highest BCUT2D eigenvalue weighted by atomic mass is 19.1. The molecular weight excluding hydrogens is 263 g/mol. The van der Waals surface area contributed by atoms with E-state index in [0.717, 1.165) is 31.4 Å². The lowest BCUT2D eigenvalue weighted by Gasteiger charge is -2.46. The Morgan fingerprint density at radius 3 is 2.43 bits per heavy atom. The topological polar surface area (TPSA) is 6.48 Å². The van der Waals surface area contributed by atoms with Crippen LogP contribution in [0, 0.1) is 5.82 Å². The molecule has 1 saturated heterocycles. The maximum Gasteiger partial charge on any atom is 0.123 e. The van der Waals surface area contributed by atoms with E-state index in [2.05, 4.69) is 30.6 Å². The summed E-state index contributed by atoms with van der Waals surface area (Å²) in [6.45, 7) is 10.1. The van der Waals surface area contributed by atoms with E-state index in [1.165, 1.54) is 25.7 Å². The van der Waals surface area contributed by atoms with Crippen LogP contribution < -0.4 is 4.90 Å². The molecule has 1 aromatic rings. The zero-order valence-corrected chi connectivity index (χ0v) is 13.7. The third kappa shape index (κ3) is 3.97. The molecule has 0 radical (unpaired) electrons. The summed E-state index contributed by atoms with van der Waals surface area (Å²) in [5, 5.41) is 0. The number of nitrogens with zero attached hydrogens (tertiary/aromatic N) is 2. The highest BCUT2D eigenvalue weighted by Crippen LogP contribution is 2.24. The van der Waals surface area contributed by atoms with Gasteiger partial charge in [-0.1, -0.05) is 27.2 Å². The normalized spacial score (nSPS) is 21.5. The third-order valence-corrected chi connectivity index (χ3v) is 4.75. The third-order valence-electron chi connectivity index (χ3n) is 4.75. The van der Waals surface area contributed by atoms with Gasteiger partial charge in [-0.2, -0.15) is 0 Å². The van der Waals surface area contributed by atoms with Crippen LogP contribution in [0.25, 0.3) is 0 Å². The number of piperazine rings is 1. The van der Waals surface area contributed by atoms with Gasteiger partial charge in [0.1, 0.15) is 5.82 Å². The first-order valence-corrected chi connectivity index (χ1v) is 8.45. The Morgan fingerprint density at radius 2 is 1.86 bits per heavy atom. The largest absolute Gasteiger partial charge is 0.369 e. The van der Waals surface area contributed by atoms with Crippen LogP contribution in [0.1, 0.15) is 46.5 Å². The molecule has 1 aliphatic heterocycles. The van der Waals surface area contributed by atoms with Gasteiger partial charge in [0.05, 0.1) is 0 Å². The maximum atomic E-state index is 13.1. The van der Waals surface area contributed by atoms with Crippen molar-refractivity contribution in [1.82, 2.24) is 4.90 Å². The molecule has 118 valence electrons. The Morgan fingerprint density at radius 1 is 1.14 bits per heavy atom. The van der Waals surface area contributed by atoms with Gasteiger partial charge in [-0.25, -0.2) is 4.39 Å². The molecule has 1 aromatic carbocycles. The van der Waals surface area contributed by atoms with E-state index in [9.17, 15) is 4.39 Å². The molecule has 1 unspecified atom stereocenters. The number of anilines is 1. The van der Waals surface area contributed by atoms with Gasteiger partial charge in [0, 0.05) is 37.4 Å². The summed E-state index contributed by atoms with van der Waals surface area (Å²) in [6.07, 6.45) is 4.97. The molecule has 0 bridgehead atoms. The molecule has 3 heteroatoms. The Hall–Kier alpha value is -1.09. The summed E-state index contributed by atoms with van der Waals surface area (Å²) in [5.74, 6) is -0.154. The van der Waals surface area contributed by atoms with Crippen LogP contribution in [0.3, 0.4) is 0 Å². The van der Waals surface area contributed by atoms with Crippen molar-refractivity contribution in [2.75, 3.05) is 24.5 Å². The highest BCUT2D eigenvalue weighted by molar-refractivity contribution is 5.47. The van der Waals surface area contributed by atoms with Crippen LogP contribution in [-0.2, 0) is 0 Å². The molecule has 2 atom stereocenters. The van der Waals surface area contributed by atoms with Crippen LogP contribution in [0.5, 0.6) is 0 Å². The molecular formula is C18H29FN2. The number of hydrogen-bond acceptors (Lipinski definition) is 2. The number of halogens is 1. The Balaban J connectivity index is 2.05. The van der Waals surface area contributed by atoms with Crippen molar-refractivity contribution in [3.05, 3.63) is 30.1 Å². The summed E-state index contributed by atoms with van der Waals surface area (Å²) in [4.78, 5) is 5.12. The van der Waals surface area contributed by atoms with Crippen LogP contribution >= 0.6 is 0 Å². The van der Waals surface area contributed by atoms with Crippen molar-refractivity contribution in [3.8, 4) is 0 Å². The van der Waals surface area contributed by atoms with E-state index in [1.807, 2.05) is 12.1 Å². The van der Waals surface area contributed by atoms with E-state index in [1.54, 1.807) is 12.1 Å². The lowest BCUT2D eigenvalue weighted by molar-refractivity contribution is 0.105. The molecule has 1 aliphatic rings. The molecule has 0 aromatic heterocycles. The van der Waals surface area contributed by atoms with Crippen molar-refractivity contribution in [2.24, 2.45) is 0 Å². The number of rotatable bonds is 6. The van der Waals surface area contributed by atoms with Crippen molar-refractivity contribution in [2.45, 2.75) is 58.5 Å². The zero-order chi connectivity index (χ0) is 15.2. The first-order valence-electron chi connectivity index (χ1n) is 8.45. The minimum absolute atomic E-state index is 0.154. The van der Waals surface area contributed by atoms with E-state index in [-0.39, 0.29) is 5.82 Å². The molecule has 1 fully saturated rings. The van der Waals surface area contributed by atoms with E-state index >= 15 is 0 Å². The Kier molecular flexibility index (Phi) is 6.04. The van der Waals surface area contributed by atoms with E-state index in [4.69, 9.17) is 0 Å². The molecule has 21 heavy (non-hydrogen) atoms. The van der Waals surface area contributed by atoms with Crippen molar-refractivity contribution < 1.29 is 4.39 Å². The number of benzene rings is 1. The predicted molar refractivity (Wildman–Crippen MR) is 88.4 cm³/mol. The van der Waals surface area contributed by atoms with Gasteiger partial charge in [0.2, 0.25) is 0 Å². The number of hydrogen-bond donors (Lipinski definition) is 0. The van der Waals surface area contributed by atoms with Crippen molar-refractivity contribution in [1.29, 1.82) is 0 Å². The van der Waals surface area contributed by atoms with Crippen molar-refractivity contribution in [3.63, 3.8) is 0 Å². The molecule has 1 heterocycles. The first-order chi connectivity index (χ1) is 10.2. The smallest absolute Gasteiger partial charge is 0.123 e. The second kappa shape index (κ2) is 7.79. The van der Waals surface area contributed by atoms with Crippen LogP contribution in [0.4, 0.5) is 10.1 Å². The summed E-state index contributed by atoms with van der Waals surface area (Å²) in [6, 6.07) is 8.27. The van der Waals surface area contributed by atoms with Gasteiger partial charge in [-0.3, -0.25) is 4.90 Å².